The number of halogens is 1. The van der Waals surface area contributed by atoms with Gasteiger partial charge in [0.05, 0.1) is 23.0 Å². The molecule has 0 bridgehead atoms. The maximum absolute atomic E-state index is 6.29. The summed E-state index contributed by atoms with van der Waals surface area (Å²) in [5, 5.41) is 8.64. The Morgan fingerprint density at radius 1 is 1.39 bits per heavy atom. The van der Waals surface area contributed by atoms with Crippen molar-refractivity contribution in [1.82, 2.24) is 9.78 Å². The number of aromatic nitrogens is 2. The van der Waals surface area contributed by atoms with Crippen LogP contribution in [0.5, 0.6) is 0 Å². The molecule has 0 aliphatic carbocycles. The number of hydrogen-bond donors (Lipinski definition) is 1. The van der Waals surface area contributed by atoms with Crippen molar-refractivity contribution in [1.29, 1.82) is 0 Å². The maximum Gasteiger partial charge on any atom is 0.0839 e. The van der Waals surface area contributed by atoms with Gasteiger partial charge in [-0.2, -0.15) is 5.10 Å². The molecule has 2 heterocycles. The summed E-state index contributed by atoms with van der Waals surface area (Å²) < 4.78 is 2.01. The quantitative estimate of drug-likeness (QED) is 0.891. The van der Waals surface area contributed by atoms with Crippen molar-refractivity contribution in [3.05, 3.63) is 46.7 Å². The number of fused-ring (bicyclic) bond motifs is 1. The second-order valence-corrected chi connectivity index (χ2v) is 5.38. The minimum Gasteiger partial charge on any atom is -0.376 e. The topological polar surface area (TPSA) is 29.9 Å². The summed E-state index contributed by atoms with van der Waals surface area (Å²) in [7, 11) is 0. The molecule has 1 N–H and O–H groups in total. The molecule has 94 valence electrons. The van der Waals surface area contributed by atoms with Gasteiger partial charge >= 0.3 is 0 Å². The molecule has 0 fully saturated rings. The average molecular weight is 262 g/mol. The lowest BCUT2D eigenvalue weighted by Gasteiger charge is -2.17. The number of para-hydroxylation sites is 1. The van der Waals surface area contributed by atoms with Gasteiger partial charge in [-0.15, -0.1) is 0 Å². The molecule has 18 heavy (non-hydrogen) atoms. The van der Waals surface area contributed by atoms with Gasteiger partial charge in [-0.1, -0.05) is 29.8 Å². The van der Waals surface area contributed by atoms with E-state index in [-0.39, 0.29) is 6.04 Å². The van der Waals surface area contributed by atoms with E-state index >= 15 is 0 Å². The van der Waals surface area contributed by atoms with E-state index in [1.165, 1.54) is 11.3 Å². The molecule has 0 amide bonds. The van der Waals surface area contributed by atoms with E-state index in [9.17, 15) is 0 Å². The largest absolute Gasteiger partial charge is 0.376 e. The molecule has 0 saturated heterocycles. The standard InChI is InChI=1S/C14H16ClN3/c1-9(2)18-14(11(15)8-16-18)13-7-10-5-3-4-6-12(10)17-13/h3-6,8-9,13,17H,7H2,1-2H3. The second-order valence-electron chi connectivity index (χ2n) is 4.97. The molecule has 1 aromatic heterocycles. The van der Waals surface area contributed by atoms with Crippen molar-refractivity contribution in [2.75, 3.05) is 5.32 Å². The number of benzene rings is 1. The van der Waals surface area contributed by atoms with Crippen LogP contribution in [0.1, 0.15) is 37.2 Å². The van der Waals surface area contributed by atoms with E-state index in [0.717, 1.165) is 17.1 Å². The van der Waals surface area contributed by atoms with Gasteiger partial charge in [0, 0.05) is 18.2 Å². The van der Waals surface area contributed by atoms with Crippen molar-refractivity contribution in [2.45, 2.75) is 32.4 Å². The number of rotatable bonds is 2. The highest BCUT2D eigenvalue weighted by Crippen LogP contribution is 2.37. The molecular formula is C14H16ClN3. The Kier molecular flexibility index (Phi) is 2.78. The summed E-state index contributed by atoms with van der Waals surface area (Å²) in [6.07, 6.45) is 2.70. The van der Waals surface area contributed by atoms with Crippen LogP contribution in [0.25, 0.3) is 0 Å². The fourth-order valence-electron chi connectivity index (χ4n) is 2.55. The van der Waals surface area contributed by atoms with Crippen molar-refractivity contribution in [3.8, 4) is 0 Å². The Hall–Kier alpha value is -1.48. The number of anilines is 1. The normalized spacial score (nSPS) is 17.9. The molecule has 3 nitrogen and oxygen atoms in total. The van der Waals surface area contributed by atoms with Crippen LogP contribution in [0.4, 0.5) is 5.69 Å². The highest BCUT2D eigenvalue weighted by Gasteiger charge is 2.27. The Bertz CT molecular complexity index is 549. The predicted molar refractivity (Wildman–Crippen MR) is 74.1 cm³/mol. The molecule has 0 saturated carbocycles. The fraction of sp³-hybridized carbons (Fsp3) is 0.357. The van der Waals surface area contributed by atoms with E-state index in [1.807, 2.05) is 4.68 Å². The first-order chi connectivity index (χ1) is 8.66. The summed E-state index contributed by atoms with van der Waals surface area (Å²) in [5.41, 5.74) is 3.63. The van der Waals surface area contributed by atoms with E-state index in [2.05, 4.69) is 48.5 Å². The second kappa shape index (κ2) is 4.32. The van der Waals surface area contributed by atoms with Crippen molar-refractivity contribution in [2.24, 2.45) is 0 Å². The lowest BCUT2D eigenvalue weighted by atomic mass is 10.1. The van der Waals surface area contributed by atoms with Crippen LogP contribution in [-0.2, 0) is 6.42 Å². The van der Waals surface area contributed by atoms with Crippen LogP contribution in [-0.4, -0.2) is 9.78 Å². The number of hydrogen-bond acceptors (Lipinski definition) is 2. The third kappa shape index (κ3) is 1.79. The number of nitrogens with one attached hydrogen (secondary N) is 1. The minimum absolute atomic E-state index is 0.222. The molecule has 0 radical (unpaired) electrons. The summed E-state index contributed by atoms with van der Waals surface area (Å²) in [4.78, 5) is 0. The molecule has 1 aromatic carbocycles. The zero-order valence-corrected chi connectivity index (χ0v) is 11.3. The zero-order chi connectivity index (χ0) is 12.7. The van der Waals surface area contributed by atoms with Crippen LogP contribution in [0.3, 0.4) is 0 Å². The van der Waals surface area contributed by atoms with Gasteiger partial charge in [0.15, 0.2) is 0 Å². The van der Waals surface area contributed by atoms with Crippen LogP contribution in [0.2, 0.25) is 5.02 Å². The van der Waals surface area contributed by atoms with Gasteiger partial charge < -0.3 is 5.32 Å². The lowest BCUT2D eigenvalue weighted by Crippen LogP contribution is -2.15. The summed E-state index contributed by atoms with van der Waals surface area (Å²) in [6, 6.07) is 8.93. The monoisotopic (exact) mass is 261 g/mol. The van der Waals surface area contributed by atoms with Gasteiger partial charge in [0.25, 0.3) is 0 Å². The Morgan fingerprint density at radius 2 is 2.17 bits per heavy atom. The highest BCUT2D eigenvalue weighted by atomic mass is 35.5. The van der Waals surface area contributed by atoms with Crippen molar-refractivity contribution >= 4 is 17.3 Å². The first-order valence-corrected chi connectivity index (χ1v) is 6.62. The third-order valence-corrected chi connectivity index (χ3v) is 3.67. The van der Waals surface area contributed by atoms with Gasteiger partial charge in [-0.25, -0.2) is 0 Å². The summed E-state index contributed by atoms with van der Waals surface area (Å²) in [5.74, 6) is 0. The van der Waals surface area contributed by atoms with E-state index < -0.39 is 0 Å². The van der Waals surface area contributed by atoms with Gasteiger partial charge in [0.1, 0.15) is 0 Å². The van der Waals surface area contributed by atoms with E-state index in [1.54, 1.807) is 6.20 Å². The van der Waals surface area contributed by atoms with Crippen molar-refractivity contribution < 1.29 is 0 Å². The van der Waals surface area contributed by atoms with Gasteiger partial charge in [0.2, 0.25) is 0 Å². The van der Waals surface area contributed by atoms with E-state index in [4.69, 9.17) is 11.6 Å². The molecule has 1 aliphatic rings. The first-order valence-electron chi connectivity index (χ1n) is 6.24. The van der Waals surface area contributed by atoms with Crippen LogP contribution in [0.15, 0.2) is 30.5 Å². The maximum atomic E-state index is 6.29. The predicted octanol–water partition coefficient (Wildman–Crippen LogP) is 3.83. The molecule has 1 atom stereocenters. The van der Waals surface area contributed by atoms with Crippen LogP contribution >= 0.6 is 11.6 Å². The van der Waals surface area contributed by atoms with E-state index in [0.29, 0.717) is 6.04 Å². The van der Waals surface area contributed by atoms with Gasteiger partial charge in [-0.3, -0.25) is 4.68 Å². The SMILES string of the molecule is CC(C)n1ncc(Cl)c1C1Cc2ccccc2N1. The molecule has 0 spiro atoms. The molecule has 1 unspecified atom stereocenters. The third-order valence-electron chi connectivity index (χ3n) is 3.38. The van der Waals surface area contributed by atoms with Gasteiger partial charge in [-0.05, 0) is 25.5 Å². The van der Waals surface area contributed by atoms with Crippen LogP contribution in [0, 0.1) is 0 Å². The van der Waals surface area contributed by atoms with Crippen LogP contribution < -0.4 is 5.32 Å². The lowest BCUT2D eigenvalue weighted by molar-refractivity contribution is 0.496. The highest BCUT2D eigenvalue weighted by molar-refractivity contribution is 6.31. The average Bonchev–Trinajstić information content (AvgIpc) is 2.91. The Balaban J connectivity index is 1.97. The molecule has 4 heteroatoms. The fourth-order valence-corrected chi connectivity index (χ4v) is 2.81. The molecule has 2 aromatic rings. The molecule has 1 aliphatic heterocycles. The smallest absolute Gasteiger partial charge is 0.0839 e. The molecule has 3 rings (SSSR count). The zero-order valence-electron chi connectivity index (χ0n) is 10.5. The summed E-state index contributed by atoms with van der Waals surface area (Å²) in [6.45, 7) is 4.24. The first kappa shape index (κ1) is 11.6. The Labute approximate surface area is 112 Å². The number of nitrogens with zero attached hydrogens (tertiary/aromatic N) is 2. The van der Waals surface area contributed by atoms with Crippen molar-refractivity contribution in [3.63, 3.8) is 0 Å². The Morgan fingerprint density at radius 3 is 2.89 bits per heavy atom. The minimum atomic E-state index is 0.222. The molecular weight excluding hydrogens is 246 g/mol. The summed E-state index contributed by atoms with van der Waals surface area (Å²) >= 11 is 6.29.